The molecular weight excluding hydrogens is 243 g/mol. The summed E-state index contributed by atoms with van der Waals surface area (Å²) in [6.07, 6.45) is 0. The fraction of sp³-hybridized carbons (Fsp3) is 0. The molecule has 4 N–H and O–H groups in total. The minimum Gasteiger partial charge on any atom is -0.507 e. The number of benzene rings is 1. The van der Waals surface area contributed by atoms with Crippen LogP contribution < -0.4 is 11.3 Å². The van der Waals surface area contributed by atoms with Gasteiger partial charge in [0.2, 0.25) is 0 Å². The molecule has 54 valence electrons. The molecule has 0 atom stereocenters. The van der Waals surface area contributed by atoms with Gasteiger partial charge in [-0.2, -0.15) is 0 Å². The molecule has 4 heteroatoms. The molecule has 0 spiro atoms. The molecule has 3 nitrogen and oxygen atoms in total. The molecule has 0 unspecified atom stereocenters. The lowest BCUT2D eigenvalue weighted by Crippen LogP contribution is -2.07. The highest BCUT2D eigenvalue weighted by molar-refractivity contribution is 14.1. The van der Waals surface area contributed by atoms with Crippen molar-refractivity contribution in [3.63, 3.8) is 0 Å². The fourth-order valence-corrected chi connectivity index (χ4v) is 1.15. The second-order valence-corrected chi connectivity index (χ2v) is 2.86. The number of hydrogen-bond acceptors (Lipinski definition) is 3. The van der Waals surface area contributed by atoms with Gasteiger partial charge in [-0.15, -0.1) is 0 Å². The van der Waals surface area contributed by atoms with Gasteiger partial charge in [0.1, 0.15) is 5.75 Å². The molecule has 0 saturated heterocycles. The van der Waals surface area contributed by atoms with Crippen LogP contribution in [0.4, 0.5) is 5.69 Å². The van der Waals surface area contributed by atoms with Crippen molar-refractivity contribution in [1.29, 1.82) is 0 Å². The van der Waals surface area contributed by atoms with Gasteiger partial charge in [0.05, 0.1) is 9.26 Å². The van der Waals surface area contributed by atoms with Gasteiger partial charge >= 0.3 is 0 Å². The van der Waals surface area contributed by atoms with Crippen LogP contribution in [0.3, 0.4) is 0 Å². The molecule has 0 aromatic heterocycles. The Hall–Kier alpha value is -0.490. The normalized spacial score (nSPS) is 9.40. The van der Waals surface area contributed by atoms with Crippen molar-refractivity contribution in [2.75, 3.05) is 5.43 Å². The first-order valence-electron chi connectivity index (χ1n) is 2.70. The lowest BCUT2D eigenvalue weighted by atomic mass is 10.3. The highest BCUT2D eigenvalue weighted by atomic mass is 127. The maximum absolute atomic E-state index is 9.13. The quantitative estimate of drug-likeness (QED) is 0.400. The summed E-state index contributed by atoms with van der Waals surface area (Å²) in [6, 6.07) is 5.14. The van der Waals surface area contributed by atoms with E-state index in [2.05, 4.69) is 5.43 Å². The molecular formula is C6H7IN2O. The summed E-state index contributed by atoms with van der Waals surface area (Å²) in [6.45, 7) is 0. The van der Waals surface area contributed by atoms with Crippen LogP contribution in [0.2, 0.25) is 0 Å². The highest BCUT2D eigenvalue weighted by Crippen LogP contribution is 2.25. The van der Waals surface area contributed by atoms with Gasteiger partial charge in [-0.1, -0.05) is 6.07 Å². The SMILES string of the molecule is NNc1cccc(O)c1I. The van der Waals surface area contributed by atoms with E-state index in [0.29, 0.717) is 0 Å². The summed E-state index contributed by atoms with van der Waals surface area (Å²) in [5, 5.41) is 9.13. The average Bonchev–Trinajstić information content (AvgIpc) is 1.95. The molecule has 0 bridgehead atoms. The number of hydrogen-bond donors (Lipinski definition) is 3. The lowest BCUT2D eigenvalue weighted by Gasteiger charge is -2.03. The van der Waals surface area contributed by atoms with Crippen molar-refractivity contribution >= 4 is 28.3 Å². The van der Waals surface area contributed by atoms with E-state index in [-0.39, 0.29) is 5.75 Å². The van der Waals surface area contributed by atoms with Crippen LogP contribution in [-0.4, -0.2) is 5.11 Å². The monoisotopic (exact) mass is 250 g/mol. The predicted molar refractivity (Wildman–Crippen MR) is 48.6 cm³/mol. The van der Waals surface area contributed by atoms with Gasteiger partial charge < -0.3 is 10.5 Å². The Morgan fingerprint density at radius 3 is 2.70 bits per heavy atom. The summed E-state index contributed by atoms with van der Waals surface area (Å²) in [4.78, 5) is 0. The van der Waals surface area contributed by atoms with Crippen molar-refractivity contribution in [3.05, 3.63) is 21.8 Å². The van der Waals surface area contributed by atoms with Gasteiger partial charge in [0.25, 0.3) is 0 Å². The van der Waals surface area contributed by atoms with E-state index in [1.165, 1.54) is 0 Å². The Labute approximate surface area is 72.3 Å². The van der Waals surface area contributed by atoms with Crippen LogP contribution in [0.25, 0.3) is 0 Å². The Morgan fingerprint density at radius 1 is 1.50 bits per heavy atom. The van der Waals surface area contributed by atoms with Crippen molar-refractivity contribution in [2.45, 2.75) is 0 Å². The maximum atomic E-state index is 9.13. The Morgan fingerprint density at radius 2 is 2.20 bits per heavy atom. The number of hydrazine groups is 1. The van der Waals surface area contributed by atoms with E-state index in [4.69, 9.17) is 10.9 Å². The van der Waals surface area contributed by atoms with E-state index < -0.39 is 0 Å². The summed E-state index contributed by atoms with van der Waals surface area (Å²) in [5.74, 6) is 5.40. The zero-order valence-electron chi connectivity index (χ0n) is 5.13. The second kappa shape index (κ2) is 3.07. The molecule has 0 aliphatic carbocycles. The third kappa shape index (κ3) is 1.32. The third-order valence-corrected chi connectivity index (χ3v) is 2.27. The minimum absolute atomic E-state index is 0.246. The lowest BCUT2D eigenvalue weighted by molar-refractivity contribution is 0.472. The molecule has 10 heavy (non-hydrogen) atoms. The minimum atomic E-state index is 0.246. The van der Waals surface area contributed by atoms with Crippen LogP contribution in [0.1, 0.15) is 0 Å². The fourth-order valence-electron chi connectivity index (χ4n) is 0.631. The van der Waals surface area contributed by atoms with Crippen molar-refractivity contribution in [1.82, 2.24) is 0 Å². The number of phenols is 1. The van der Waals surface area contributed by atoms with Crippen molar-refractivity contribution in [2.24, 2.45) is 5.84 Å². The van der Waals surface area contributed by atoms with Gasteiger partial charge in [0.15, 0.2) is 0 Å². The standard InChI is InChI=1S/C6H7IN2O/c7-6-4(9-8)2-1-3-5(6)10/h1-3,9-10H,8H2. The van der Waals surface area contributed by atoms with E-state index in [1.807, 2.05) is 22.6 Å². The molecule has 0 fully saturated rings. The molecule has 0 amide bonds. The molecule has 0 aliphatic heterocycles. The van der Waals surface area contributed by atoms with Crippen molar-refractivity contribution in [3.8, 4) is 5.75 Å². The summed E-state index contributed by atoms with van der Waals surface area (Å²) in [7, 11) is 0. The molecule has 1 aromatic rings. The van der Waals surface area contributed by atoms with Crippen LogP contribution >= 0.6 is 22.6 Å². The van der Waals surface area contributed by atoms with Crippen LogP contribution in [0.5, 0.6) is 5.75 Å². The van der Waals surface area contributed by atoms with E-state index in [0.717, 1.165) is 9.26 Å². The van der Waals surface area contributed by atoms with Crippen LogP contribution in [0, 0.1) is 3.57 Å². The Bertz CT molecular complexity index is 239. The second-order valence-electron chi connectivity index (χ2n) is 1.78. The van der Waals surface area contributed by atoms with Crippen LogP contribution in [0.15, 0.2) is 18.2 Å². The number of halogens is 1. The molecule has 0 heterocycles. The van der Waals surface area contributed by atoms with E-state index >= 15 is 0 Å². The summed E-state index contributed by atoms with van der Waals surface area (Å²) in [5.41, 5.74) is 3.21. The molecule has 0 aliphatic rings. The number of phenolic OH excluding ortho intramolecular Hbond substituents is 1. The highest BCUT2D eigenvalue weighted by Gasteiger charge is 2.00. The molecule has 0 radical (unpaired) electrons. The Kier molecular flexibility index (Phi) is 2.34. The topological polar surface area (TPSA) is 58.3 Å². The number of nitrogens with one attached hydrogen (secondary N) is 1. The molecule has 1 aromatic carbocycles. The average molecular weight is 250 g/mol. The number of rotatable bonds is 1. The summed E-state index contributed by atoms with van der Waals surface area (Å²) >= 11 is 2.01. The first kappa shape index (κ1) is 7.62. The summed E-state index contributed by atoms with van der Waals surface area (Å²) < 4.78 is 0.739. The third-order valence-electron chi connectivity index (χ3n) is 1.13. The number of anilines is 1. The number of aromatic hydroxyl groups is 1. The molecule has 0 saturated carbocycles. The zero-order chi connectivity index (χ0) is 7.56. The van der Waals surface area contributed by atoms with Gasteiger partial charge in [-0.25, -0.2) is 0 Å². The predicted octanol–water partition coefficient (Wildman–Crippen LogP) is 1.28. The van der Waals surface area contributed by atoms with Crippen LogP contribution in [-0.2, 0) is 0 Å². The Balaban J connectivity index is 3.14. The zero-order valence-corrected chi connectivity index (χ0v) is 7.29. The van der Waals surface area contributed by atoms with Crippen molar-refractivity contribution < 1.29 is 5.11 Å². The smallest absolute Gasteiger partial charge is 0.131 e. The molecule has 1 rings (SSSR count). The van der Waals surface area contributed by atoms with Gasteiger partial charge in [-0.05, 0) is 34.7 Å². The number of nitrogen functional groups attached to an aromatic ring is 1. The van der Waals surface area contributed by atoms with E-state index in [1.54, 1.807) is 18.2 Å². The largest absolute Gasteiger partial charge is 0.507 e. The van der Waals surface area contributed by atoms with Gasteiger partial charge in [0, 0.05) is 0 Å². The van der Waals surface area contributed by atoms with Gasteiger partial charge in [-0.3, -0.25) is 5.84 Å². The first-order valence-corrected chi connectivity index (χ1v) is 3.77. The first-order chi connectivity index (χ1) is 4.75. The number of nitrogens with two attached hydrogens (primary N) is 1. The van der Waals surface area contributed by atoms with E-state index in [9.17, 15) is 0 Å². The maximum Gasteiger partial charge on any atom is 0.131 e.